The molecule has 1 saturated heterocycles. The average molecular weight is 518 g/mol. The molecule has 3 atom stereocenters. The van der Waals surface area contributed by atoms with E-state index in [4.69, 9.17) is 4.74 Å². The van der Waals surface area contributed by atoms with Crippen LogP contribution in [0.5, 0.6) is 5.75 Å². The minimum absolute atomic E-state index is 0.101. The fourth-order valence-electron chi connectivity index (χ4n) is 6.69. The number of para-hydroxylation sites is 1. The van der Waals surface area contributed by atoms with E-state index in [1.807, 2.05) is 83.1 Å². The molecule has 0 saturated carbocycles. The zero-order valence-corrected chi connectivity index (χ0v) is 21.4. The van der Waals surface area contributed by atoms with E-state index in [9.17, 15) is 14.4 Å². The van der Waals surface area contributed by atoms with Gasteiger partial charge in [-0.3, -0.25) is 14.4 Å². The van der Waals surface area contributed by atoms with Gasteiger partial charge in [-0.2, -0.15) is 0 Å². The third-order valence-electron chi connectivity index (χ3n) is 8.20. The number of Topliss-reactive ketones (excluding diaryl/α,β-unsaturated/α-hetero) is 3. The Balaban J connectivity index is 1.56. The second-order valence-electron chi connectivity index (χ2n) is 9.88. The Bertz CT molecular complexity index is 1620. The van der Waals surface area contributed by atoms with Crippen molar-refractivity contribution in [3.63, 3.8) is 0 Å². The highest BCUT2D eigenvalue weighted by Crippen LogP contribution is 2.61. The maximum atomic E-state index is 14.6. The molecule has 3 aromatic carbocycles. The Morgan fingerprint density at radius 3 is 2.34 bits per heavy atom. The summed E-state index contributed by atoms with van der Waals surface area (Å²) in [6.07, 6.45) is 3.92. The SMILES string of the molecule is COc1cccc([C@@H]2[C@@H](C(=O)c3cccs3)N3c4ccccc4C=C[C@H]3C23C(=O)c2ccccc2C3=O)c1. The molecule has 0 N–H and O–H groups in total. The van der Waals surface area contributed by atoms with Crippen molar-refractivity contribution >= 4 is 40.4 Å². The highest BCUT2D eigenvalue weighted by molar-refractivity contribution is 7.12. The summed E-state index contributed by atoms with van der Waals surface area (Å²) in [6, 6.07) is 24.6. The number of carbonyl (C=O) groups excluding carboxylic acids is 3. The third kappa shape index (κ3) is 2.89. The highest BCUT2D eigenvalue weighted by atomic mass is 32.1. The first-order chi connectivity index (χ1) is 18.6. The van der Waals surface area contributed by atoms with E-state index in [1.54, 1.807) is 31.4 Å². The quantitative estimate of drug-likeness (QED) is 0.243. The fraction of sp³-hybridized carbons (Fsp3) is 0.156. The summed E-state index contributed by atoms with van der Waals surface area (Å²) >= 11 is 1.37. The number of fused-ring (bicyclic) bond motifs is 5. The summed E-state index contributed by atoms with van der Waals surface area (Å²) in [5, 5.41) is 1.88. The van der Waals surface area contributed by atoms with Gasteiger partial charge in [0.1, 0.15) is 17.2 Å². The van der Waals surface area contributed by atoms with Gasteiger partial charge in [0.2, 0.25) is 0 Å². The van der Waals surface area contributed by atoms with Gasteiger partial charge in [-0.1, -0.05) is 72.8 Å². The van der Waals surface area contributed by atoms with Gasteiger partial charge >= 0.3 is 0 Å². The van der Waals surface area contributed by atoms with Crippen molar-refractivity contribution in [3.8, 4) is 5.75 Å². The van der Waals surface area contributed by atoms with Crippen molar-refractivity contribution in [2.45, 2.75) is 18.0 Å². The topological polar surface area (TPSA) is 63.7 Å². The smallest absolute Gasteiger partial charge is 0.195 e. The minimum Gasteiger partial charge on any atom is -0.497 e. The van der Waals surface area contributed by atoms with Crippen molar-refractivity contribution in [2.75, 3.05) is 12.0 Å². The second-order valence-corrected chi connectivity index (χ2v) is 10.8. The molecule has 1 fully saturated rings. The lowest BCUT2D eigenvalue weighted by molar-refractivity contribution is 0.0666. The van der Waals surface area contributed by atoms with Crippen LogP contribution in [0.15, 0.2) is 96.4 Å². The summed E-state index contributed by atoms with van der Waals surface area (Å²) in [7, 11) is 1.59. The van der Waals surface area contributed by atoms with Crippen molar-refractivity contribution in [3.05, 3.63) is 124 Å². The van der Waals surface area contributed by atoms with Gasteiger partial charge < -0.3 is 9.64 Å². The van der Waals surface area contributed by atoms with E-state index in [1.165, 1.54) is 11.3 Å². The van der Waals surface area contributed by atoms with Crippen LogP contribution in [0.25, 0.3) is 6.08 Å². The maximum absolute atomic E-state index is 14.6. The summed E-state index contributed by atoms with van der Waals surface area (Å²) in [6.45, 7) is 0. The number of rotatable bonds is 4. The van der Waals surface area contributed by atoms with Crippen LogP contribution in [-0.4, -0.2) is 36.5 Å². The number of benzene rings is 3. The number of methoxy groups -OCH3 is 1. The molecule has 4 aromatic rings. The number of carbonyl (C=O) groups is 3. The molecule has 6 heteroatoms. The number of ketones is 3. The number of thiophene rings is 1. The van der Waals surface area contributed by atoms with Gasteiger partial charge in [0.05, 0.1) is 18.0 Å². The molecule has 5 nitrogen and oxygen atoms in total. The molecule has 1 aromatic heterocycles. The van der Waals surface area contributed by atoms with E-state index in [0.29, 0.717) is 21.8 Å². The summed E-state index contributed by atoms with van der Waals surface area (Å²) < 4.78 is 5.54. The predicted molar refractivity (Wildman–Crippen MR) is 147 cm³/mol. The molecule has 186 valence electrons. The second kappa shape index (κ2) is 8.36. The summed E-state index contributed by atoms with van der Waals surface area (Å²) in [5.41, 5.74) is 1.86. The molecule has 0 amide bonds. The van der Waals surface area contributed by atoms with Gasteiger partial charge in [-0.15, -0.1) is 11.3 Å². The molecular formula is C32H23NO4S. The average Bonchev–Trinajstić information content (AvgIpc) is 3.66. The molecular weight excluding hydrogens is 494 g/mol. The molecule has 0 bridgehead atoms. The Morgan fingerprint density at radius 1 is 0.895 bits per heavy atom. The van der Waals surface area contributed by atoms with Gasteiger partial charge in [-0.05, 0) is 40.8 Å². The van der Waals surface area contributed by atoms with Crippen molar-refractivity contribution in [2.24, 2.45) is 5.41 Å². The van der Waals surface area contributed by atoms with Crippen molar-refractivity contribution < 1.29 is 19.1 Å². The first-order valence-electron chi connectivity index (χ1n) is 12.5. The van der Waals surface area contributed by atoms with Crippen molar-refractivity contribution in [1.29, 1.82) is 0 Å². The number of nitrogens with zero attached hydrogens (tertiary/aromatic N) is 1. The molecule has 2 aliphatic heterocycles. The molecule has 3 heterocycles. The number of ether oxygens (including phenoxy) is 1. The third-order valence-corrected chi connectivity index (χ3v) is 9.08. The largest absolute Gasteiger partial charge is 0.497 e. The predicted octanol–water partition coefficient (Wildman–Crippen LogP) is 6.07. The van der Waals surface area contributed by atoms with Crippen LogP contribution >= 0.6 is 11.3 Å². The number of anilines is 1. The first-order valence-corrected chi connectivity index (χ1v) is 13.4. The van der Waals surface area contributed by atoms with Crippen LogP contribution < -0.4 is 9.64 Å². The van der Waals surface area contributed by atoms with Crippen LogP contribution in [-0.2, 0) is 0 Å². The minimum atomic E-state index is -1.50. The molecule has 1 aliphatic carbocycles. The number of hydrogen-bond donors (Lipinski definition) is 0. The lowest BCUT2D eigenvalue weighted by Gasteiger charge is -2.37. The van der Waals surface area contributed by atoms with Gasteiger partial charge in [0, 0.05) is 22.7 Å². The normalized spacial score (nSPS) is 22.3. The van der Waals surface area contributed by atoms with Crippen LogP contribution in [0.3, 0.4) is 0 Å². The van der Waals surface area contributed by atoms with E-state index in [0.717, 1.165) is 16.8 Å². The Hall–Kier alpha value is -4.29. The first kappa shape index (κ1) is 22.9. The van der Waals surface area contributed by atoms with Crippen LogP contribution in [0.4, 0.5) is 5.69 Å². The van der Waals surface area contributed by atoms with E-state index in [-0.39, 0.29) is 17.3 Å². The lowest BCUT2D eigenvalue weighted by Crippen LogP contribution is -2.48. The summed E-state index contributed by atoms with van der Waals surface area (Å²) in [5.74, 6) is -0.689. The molecule has 7 rings (SSSR count). The van der Waals surface area contributed by atoms with E-state index in [2.05, 4.69) is 0 Å². The molecule has 3 aliphatic rings. The Morgan fingerprint density at radius 2 is 1.63 bits per heavy atom. The maximum Gasteiger partial charge on any atom is 0.195 e. The highest BCUT2D eigenvalue weighted by Gasteiger charge is 2.71. The van der Waals surface area contributed by atoms with E-state index < -0.39 is 23.4 Å². The zero-order chi connectivity index (χ0) is 26.0. The lowest BCUT2D eigenvalue weighted by atomic mass is 9.64. The van der Waals surface area contributed by atoms with Crippen LogP contribution in [0.1, 0.15) is 47.4 Å². The van der Waals surface area contributed by atoms with Gasteiger partial charge in [-0.25, -0.2) is 0 Å². The zero-order valence-electron chi connectivity index (χ0n) is 20.5. The van der Waals surface area contributed by atoms with Crippen molar-refractivity contribution in [1.82, 2.24) is 0 Å². The molecule has 38 heavy (non-hydrogen) atoms. The van der Waals surface area contributed by atoms with Crippen LogP contribution in [0.2, 0.25) is 0 Å². The molecule has 1 spiro atoms. The summed E-state index contributed by atoms with van der Waals surface area (Å²) in [4.78, 5) is 46.2. The number of hydrogen-bond acceptors (Lipinski definition) is 6. The molecule has 0 radical (unpaired) electrons. The standard InChI is InChI=1S/C32H23NO4S/c1-37-21-10-6-9-20(18-21)27-28(29(34)25-14-7-17-38-25)33-24-13-5-2-8-19(24)15-16-26(33)32(27)30(35)22-11-3-4-12-23(22)31(32)36/h2-18,26-28H,1H3/t26-,27+,28-/m0/s1. The van der Waals surface area contributed by atoms with E-state index >= 15 is 0 Å². The Labute approximate surface area is 224 Å². The Kier molecular flexibility index (Phi) is 5.03. The fourth-order valence-corrected chi connectivity index (χ4v) is 7.39. The molecule has 0 unspecified atom stereocenters. The van der Waals surface area contributed by atoms with Crippen LogP contribution in [0, 0.1) is 5.41 Å². The van der Waals surface area contributed by atoms with Gasteiger partial charge in [0.25, 0.3) is 0 Å². The monoisotopic (exact) mass is 517 g/mol. The van der Waals surface area contributed by atoms with Gasteiger partial charge in [0.15, 0.2) is 17.3 Å².